The van der Waals surface area contributed by atoms with Crippen LogP contribution in [0.25, 0.3) is 6.08 Å². The van der Waals surface area contributed by atoms with Gasteiger partial charge in [-0.25, -0.2) is 9.79 Å². The fraction of sp³-hybridized carbons (Fsp3) is 0.321. The summed E-state index contributed by atoms with van der Waals surface area (Å²) in [7, 11) is 0. The zero-order valence-electron chi connectivity index (χ0n) is 22.3. The molecule has 0 radical (unpaired) electrons. The van der Waals surface area contributed by atoms with E-state index in [1.807, 2.05) is 18.7 Å². The highest BCUT2D eigenvalue weighted by atomic mass is 35.5. The first-order valence-electron chi connectivity index (χ1n) is 12.6. The van der Waals surface area contributed by atoms with E-state index in [1.54, 1.807) is 63.2 Å². The van der Waals surface area contributed by atoms with E-state index in [4.69, 9.17) is 16.3 Å². The maximum atomic E-state index is 13.8. The van der Waals surface area contributed by atoms with Gasteiger partial charge in [-0.2, -0.15) is 0 Å². The van der Waals surface area contributed by atoms with Crippen molar-refractivity contribution in [2.75, 3.05) is 18.0 Å². The number of hydrogen-bond donors (Lipinski definition) is 0. The van der Waals surface area contributed by atoms with Gasteiger partial charge >= 0.3 is 5.97 Å². The fourth-order valence-corrected chi connectivity index (χ4v) is 5.90. The zero-order valence-corrected chi connectivity index (χ0v) is 23.9. The van der Waals surface area contributed by atoms with E-state index in [-0.39, 0.29) is 22.9 Å². The third kappa shape index (κ3) is 5.53. The number of rotatable bonds is 8. The minimum atomic E-state index is -0.845. The van der Waals surface area contributed by atoms with Crippen molar-refractivity contribution in [1.82, 2.24) is 4.57 Å². The van der Waals surface area contributed by atoms with Gasteiger partial charge in [0.25, 0.3) is 11.2 Å². The molecule has 1 unspecified atom stereocenters. The van der Waals surface area contributed by atoms with Crippen LogP contribution in [0.4, 0.5) is 11.4 Å². The van der Waals surface area contributed by atoms with E-state index < -0.39 is 16.9 Å². The van der Waals surface area contributed by atoms with E-state index in [0.717, 1.165) is 11.3 Å². The molecule has 2 aromatic carbocycles. The van der Waals surface area contributed by atoms with Gasteiger partial charge in [0.1, 0.15) is 11.7 Å². The standard InChI is InChI=1S/C28H29ClN4O5S/c1-6-31(7-2)21-13-12-18(14-22(21)33(36)37)15-23-26(34)32-25(19-10-8-9-11-20(19)29)24(27(35)38-16(3)4)17(5)30-28(32)39-23/h8-16,25H,6-7H2,1-5H3. The Morgan fingerprint density at radius 2 is 1.95 bits per heavy atom. The summed E-state index contributed by atoms with van der Waals surface area (Å²) in [5, 5.41) is 12.3. The van der Waals surface area contributed by atoms with Crippen molar-refractivity contribution in [2.24, 2.45) is 4.99 Å². The smallest absolute Gasteiger partial charge is 0.338 e. The molecule has 0 spiro atoms. The van der Waals surface area contributed by atoms with Gasteiger partial charge < -0.3 is 9.64 Å². The van der Waals surface area contributed by atoms with E-state index in [2.05, 4.69) is 4.99 Å². The van der Waals surface area contributed by atoms with Crippen LogP contribution in [-0.4, -0.2) is 34.7 Å². The minimum absolute atomic E-state index is 0.0382. The molecule has 39 heavy (non-hydrogen) atoms. The number of benzene rings is 2. The second kappa shape index (κ2) is 11.5. The lowest BCUT2D eigenvalue weighted by Crippen LogP contribution is -2.40. The van der Waals surface area contributed by atoms with Gasteiger partial charge in [-0.1, -0.05) is 47.2 Å². The first kappa shape index (κ1) is 28.3. The Labute approximate surface area is 234 Å². The second-order valence-electron chi connectivity index (χ2n) is 9.23. The number of nitrogens with zero attached hydrogens (tertiary/aromatic N) is 4. The van der Waals surface area contributed by atoms with Crippen LogP contribution in [0, 0.1) is 10.1 Å². The molecule has 1 aliphatic heterocycles. The predicted octanol–water partition coefficient (Wildman–Crippen LogP) is 4.59. The maximum Gasteiger partial charge on any atom is 0.338 e. The molecule has 0 saturated heterocycles. The van der Waals surface area contributed by atoms with Crippen molar-refractivity contribution in [3.8, 4) is 0 Å². The lowest BCUT2D eigenvalue weighted by Gasteiger charge is -2.26. The SMILES string of the molecule is CCN(CC)c1ccc(C=c2sc3n(c2=O)C(c2ccccc2Cl)C(C(=O)OC(C)C)=C(C)N=3)cc1[N+](=O)[O-]. The summed E-state index contributed by atoms with van der Waals surface area (Å²) in [4.78, 5) is 45.3. The van der Waals surface area contributed by atoms with Crippen molar-refractivity contribution < 1.29 is 14.5 Å². The number of esters is 1. The molecule has 0 amide bonds. The first-order valence-corrected chi connectivity index (χ1v) is 13.8. The summed E-state index contributed by atoms with van der Waals surface area (Å²) in [6.07, 6.45) is 1.24. The number of nitro benzene ring substituents is 1. The molecule has 0 fully saturated rings. The topological polar surface area (TPSA) is 107 Å². The van der Waals surface area contributed by atoms with Crippen molar-refractivity contribution in [3.63, 3.8) is 0 Å². The average Bonchev–Trinajstić information content (AvgIpc) is 3.18. The van der Waals surface area contributed by atoms with Crippen molar-refractivity contribution >= 4 is 46.4 Å². The van der Waals surface area contributed by atoms with Gasteiger partial charge in [-0.15, -0.1) is 0 Å². The lowest BCUT2D eigenvalue weighted by molar-refractivity contribution is -0.384. The van der Waals surface area contributed by atoms with Gasteiger partial charge in [0.05, 0.1) is 26.8 Å². The van der Waals surface area contributed by atoms with Gasteiger partial charge in [0.2, 0.25) is 0 Å². The Hall–Kier alpha value is -3.76. The van der Waals surface area contributed by atoms with Gasteiger partial charge in [-0.3, -0.25) is 19.5 Å². The molecular weight excluding hydrogens is 540 g/mol. The zero-order chi connectivity index (χ0) is 28.4. The van der Waals surface area contributed by atoms with Gasteiger partial charge in [-0.05, 0) is 64.0 Å². The Balaban J connectivity index is 1.92. The molecule has 3 aromatic rings. The Bertz CT molecular complexity index is 1650. The normalized spacial score (nSPS) is 15.3. The molecule has 0 saturated carbocycles. The molecule has 204 valence electrons. The summed E-state index contributed by atoms with van der Waals surface area (Å²) in [6, 6.07) is 11.1. The highest BCUT2D eigenvalue weighted by molar-refractivity contribution is 7.07. The van der Waals surface area contributed by atoms with Gasteiger partial charge in [0.15, 0.2) is 4.80 Å². The number of allylic oxidation sites excluding steroid dienone is 1. The molecule has 11 heteroatoms. The molecule has 1 aliphatic rings. The largest absolute Gasteiger partial charge is 0.459 e. The van der Waals surface area contributed by atoms with Crippen LogP contribution in [0.1, 0.15) is 51.8 Å². The van der Waals surface area contributed by atoms with Crippen LogP contribution in [0.2, 0.25) is 5.02 Å². The Morgan fingerprint density at radius 3 is 2.56 bits per heavy atom. The Kier molecular flexibility index (Phi) is 8.36. The number of nitro groups is 1. The number of thiazole rings is 1. The van der Waals surface area contributed by atoms with Gasteiger partial charge in [0, 0.05) is 24.2 Å². The number of ether oxygens (including phenoxy) is 1. The number of halogens is 1. The van der Waals surface area contributed by atoms with Crippen LogP contribution in [0.3, 0.4) is 0 Å². The quantitative estimate of drug-likeness (QED) is 0.223. The molecule has 4 rings (SSSR count). The van der Waals surface area contributed by atoms with Crippen LogP contribution in [0.5, 0.6) is 0 Å². The number of carbonyl (C=O) groups is 1. The maximum absolute atomic E-state index is 13.8. The Morgan fingerprint density at radius 1 is 1.26 bits per heavy atom. The molecule has 0 N–H and O–H groups in total. The summed E-state index contributed by atoms with van der Waals surface area (Å²) < 4.78 is 7.27. The summed E-state index contributed by atoms with van der Waals surface area (Å²) >= 11 is 7.70. The molecule has 9 nitrogen and oxygen atoms in total. The first-order chi connectivity index (χ1) is 18.6. The number of fused-ring (bicyclic) bond motifs is 1. The second-order valence-corrected chi connectivity index (χ2v) is 10.7. The molecule has 1 aromatic heterocycles. The summed E-state index contributed by atoms with van der Waals surface area (Å²) in [5.41, 5.74) is 1.83. The van der Waals surface area contributed by atoms with E-state index >= 15 is 0 Å². The van der Waals surface area contributed by atoms with E-state index in [0.29, 0.717) is 50.0 Å². The van der Waals surface area contributed by atoms with Crippen LogP contribution >= 0.6 is 22.9 Å². The lowest BCUT2D eigenvalue weighted by atomic mass is 9.96. The third-order valence-corrected chi connectivity index (χ3v) is 7.71. The molecular formula is C28H29ClN4O5S. The van der Waals surface area contributed by atoms with Crippen molar-refractivity contribution in [3.05, 3.63) is 99.7 Å². The average molecular weight is 569 g/mol. The molecule has 2 heterocycles. The van der Waals surface area contributed by atoms with Crippen molar-refractivity contribution in [1.29, 1.82) is 0 Å². The minimum Gasteiger partial charge on any atom is -0.459 e. The van der Waals surface area contributed by atoms with Crippen molar-refractivity contribution in [2.45, 2.75) is 46.8 Å². The summed E-state index contributed by atoms with van der Waals surface area (Å²) in [6.45, 7) is 10.3. The van der Waals surface area contributed by atoms with Crippen LogP contribution < -0.4 is 19.8 Å². The van der Waals surface area contributed by atoms with Crippen LogP contribution in [-0.2, 0) is 9.53 Å². The monoisotopic (exact) mass is 568 g/mol. The predicted molar refractivity (Wildman–Crippen MR) is 153 cm³/mol. The molecule has 0 aliphatic carbocycles. The van der Waals surface area contributed by atoms with E-state index in [1.165, 1.54) is 10.6 Å². The molecule has 0 bridgehead atoms. The molecule has 1 atom stereocenters. The highest BCUT2D eigenvalue weighted by Crippen LogP contribution is 2.35. The fourth-order valence-electron chi connectivity index (χ4n) is 4.61. The number of aromatic nitrogens is 1. The number of carbonyl (C=O) groups excluding carboxylic acids is 1. The number of anilines is 1. The van der Waals surface area contributed by atoms with E-state index in [9.17, 15) is 19.7 Å². The third-order valence-electron chi connectivity index (χ3n) is 6.38. The number of hydrogen-bond acceptors (Lipinski definition) is 8. The summed E-state index contributed by atoms with van der Waals surface area (Å²) in [5.74, 6) is -0.576. The van der Waals surface area contributed by atoms with Crippen LogP contribution in [0.15, 0.2) is 63.5 Å². The highest BCUT2D eigenvalue weighted by Gasteiger charge is 2.34.